The first-order valence-electron chi connectivity index (χ1n) is 9.05. The minimum absolute atomic E-state index is 0.225. The number of aromatic nitrogens is 2. The van der Waals surface area contributed by atoms with Crippen LogP contribution in [0.1, 0.15) is 44.6 Å². The zero-order chi connectivity index (χ0) is 19.2. The van der Waals surface area contributed by atoms with Gasteiger partial charge in [0.2, 0.25) is 0 Å². The van der Waals surface area contributed by atoms with Crippen molar-refractivity contribution in [3.05, 3.63) is 40.5 Å². The molecule has 1 N–H and O–H groups in total. The number of halogens is 1. The monoisotopic (exact) mass is 423 g/mol. The van der Waals surface area contributed by atoms with Gasteiger partial charge in [0.25, 0.3) is 5.91 Å². The van der Waals surface area contributed by atoms with E-state index < -0.39 is 10.8 Å². The highest BCUT2D eigenvalue weighted by Crippen LogP contribution is 2.31. The molecule has 1 unspecified atom stereocenters. The molecule has 0 radical (unpaired) electrons. The Bertz CT molecular complexity index is 847. The van der Waals surface area contributed by atoms with Crippen LogP contribution in [0.3, 0.4) is 0 Å². The molecule has 144 valence electrons. The molecule has 0 spiro atoms. The van der Waals surface area contributed by atoms with Gasteiger partial charge in [-0.15, -0.1) is 11.3 Å². The second kappa shape index (κ2) is 9.57. The number of rotatable bonds is 7. The van der Waals surface area contributed by atoms with Crippen LogP contribution in [-0.4, -0.2) is 25.8 Å². The summed E-state index contributed by atoms with van der Waals surface area (Å²) in [6, 6.07) is 1.69. The van der Waals surface area contributed by atoms with Gasteiger partial charge in [-0.3, -0.25) is 14.3 Å². The van der Waals surface area contributed by atoms with Crippen molar-refractivity contribution in [2.24, 2.45) is 5.92 Å². The van der Waals surface area contributed by atoms with Crippen molar-refractivity contribution in [2.45, 2.75) is 44.1 Å². The summed E-state index contributed by atoms with van der Waals surface area (Å²) in [5, 5.41) is 5.92. The maximum atomic E-state index is 12.9. The van der Waals surface area contributed by atoms with Crippen LogP contribution in [0.25, 0.3) is 5.57 Å². The summed E-state index contributed by atoms with van der Waals surface area (Å²) < 4.78 is 12.2. The lowest BCUT2D eigenvalue weighted by atomic mass is 9.99. The van der Waals surface area contributed by atoms with Gasteiger partial charge in [0.15, 0.2) is 5.13 Å². The zero-order valence-corrected chi connectivity index (χ0v) is 17.5. The minimum atomic E-state index is -1.23. The fourth-order valence-electron chi connectivity index (χ4n) is 3.13. The summed E-state index contributed by atoms with van der Waals surface area (Å²) in [5.41, 5.74) is 1.18. The molecule has 3 rings (SSSR count). The number of amides is 1. The Hall–Kier alpha value is -1.57. The van der Waals surface area contributed by atoms with Gasteiger partial charge in [-0.05, 0) is 31.2 Å². The number of hydrogen-bond donors (Lipinski definition) is 1. The van der Waals surface area contributed by atoms with Crippen LogP contribution in [0.2, 0.25) is 5.02 Å². The van der Waals surface area contributed by atoms with Crippen LogP contribution in [0, 0.1) is 5.92 Å². The highest BCUT2D eigenvalue weighted by atomic mass is 35.5. The Balaban J connectivity index is 1.91. The van der Waals surface area contributed by atoms with Gasteiger partial charge < -0.3 is 0 Å². The van der Waals surface area contributed by atoms with Crippen molar-refractivity contribution in [1.82, 2.24) is 9.97 Å². The second-order valence-electron chi connectivity index (χ2n) is 6.48. The third kappa shape index (κ3) is 5.24. The van der Waals surface area contributed by atoms with E-state index in [1.165, 1.54) is 24.2 Å². The average Bonchev–Trinajstić information content (AvgIpc) is 3.33. The number of nitrogens with one attached hydrogen (secondary N) is 1. The molecule has 0 aliphatic heterocycles. The lowest BCUT2D eigenvalue weighted by Crippen LogP contribution is -2.15. The predicted octanol–water partition coefficient (Wildman–Crippen LogP) is 4.92. The van der Waals surface area contributed by atoms with Crippen LogP contribution < -0.4 is 5.32 Å². The topological polar surface area (TPSA) is 72.0 Å². The molecular weight excluding hydrogens is 402 g/mol. The van der Waals surface area contributed by atoms with E-state index in [1.807, 2.05) is 18.4 Å². The number of pyridine rings is 1. The predicted molar refractivity (Wildman–Crippen MR) is 111 cm³/mol. The van der Waals surface area contributed by atoms with Gasteiger partial charge in [0.05, 0.1) is 15.8 Å². The van der Waals surface area contributed by atoms with Crippen molar-refractivity contribution >= 4 is 50.3 Å². The van der Waals surface area contributed by atoms with Crippen molar-refractivity contribution in [2.75, 3.05) is 11.1 Å². The highest BCUT2D eigenvalue weighted by molar-refractivity contribution is 7.85. The first-order chi connectivity index (χ1) is 13.1. The van der Waals surface area contributed by atoms with Gasteiger partial charge in [-0.2, -0.15) is 0 Å². The lowest BCUT2D eigenvalue weighted by molar-refractivity contribution is -0.111. The number of thiazole rings is 1. The van der Waals surface area contributed by atoms with Crippen LogP contribution in [0.4, 0.5) is 5.13 Å². The fraction of sp³-hybridized carbons (Fsp3) is 0.421. The molecule has 0 bridgehead atoms. The molecule has 0 aromatic carbocycles. The van der Waals surface area contributed by atoms with Crippen molar-refractivity contribution in [1.29, 1.82) is 0 Å². The van der Waals surface area contributed by atoms with E-state index in [2.05, 4.69) is 15.3 Å². The molecule has 27 heavy (non-hydrogen) atoms. The first-order valence-corrected chi connectivity index (χ1v) is 11.6. The Labute approximate surface area is 170 Å². The third-order valence-corrected chi connectivity index (χ3v) is 7.05. The van der Waals surface area contributed by atoms with E-state index >= 15 is 0 Å². The molecular formula is C19H22ClN3O2S2. The Kier molecular flexibility index (Phi) is 7.15. The number of carbonyl (C=O) groups excluding carboxylic acids is 1. The molecule has 2 aromatic rings. The number of carbonyl (C=O) groups is 1. The molecule has 1 saturated carbocycles. The highest BCUT2D eigenvalue weighted by Gasteiger charge is 2.21. The molecule has 1 atom stereocenters. The first kappa shape index (κ1) is 20.2. The Morgan fingerprint density at radius 1 is 1.41 bits per heavy atom. The molecule has 1 aliphatic rings. The number of allylic oxidation sites excluding steroid dienone is 1. The molecule has 1 amide bonds. The summed E-state index contributed by atoms with van der Waals surface area (Å²) in [5.74, 6) is 0.660. The van der Waals surface area contributed by atoms with E-state index in [0.29, 0.717) is 38.0 Å². The summed E-state index contributed by atoms with van der Waals surface area (Å²) in [6.07, 6.45) is 10.6. The largest absolute Gasteiger partial charge is 0.298 e. The average molecular weight is 424 g/mol. The standard InChI is InChI=1S/C19H22ClN3O2S2/c1-2-9-27(25)18-16(20)11-14(12-22-18)15(10-13-5-3-4-6-13)17(24)23-19-21-7-8-26-19/h7-8,10-13H,2-6,9H2,1H3,(H,21,23,24)/b15-10+. The molecule has 2 aromatic heterocycles. The van der Waals surface area contributed by atoms with E-state index in [1.54, 1.807) is 18.5 Å². The van der Waals surface area contributed by atoms with Crippen LogP contribution >= 0.6 is 22.9 Å². The molecule has 1 fully saturated rings. The molecule has 2 heterocycles. The SMILES string of the molecule is CCCS(=O)c1ncc(/C(=C\C2CCCC2)C(=O)Nc2nccs2)cc1Cl. The van der Waals surface area contributed by atoms with Crippen molar-refractivity contribution in [3.63, 3.8) is 0 Å². The van der Waals surface area contributed by atoms with Gasteiger partial charge in [0, 0.05) is 34.7 Å². The van der Waals surface area contributed by atoms with Crippen molar-refractivity contribution in [3.8, 4) is 0 Å². The number of nitrogens with zero attached hydrogens (tertiary/aromatic N) is 2. The molecule has 5 nitrogen and oxygen atoms in total. The number of anilines is 1. The van der Waals surface area contributed by atoms with Gasteiger partial charge >= 0.3 is 0 Å². The molecule has 0 saturated heterocycles. The van der Waals surface area contributed by atoms with Crippen LogP contribution in [0.15, 0.2) is 34.9 Å². The maximum absolute atomic E-state index is 12.9. The van der Waals surface area contributed by atoms with E-state index in [4.69, 9.17) is 11.6 Å². The van der Waals surface area contributed by atoms with Crippen LogP contribution in [0.5, 0.6) is 0 Å². The normalized spacial score (nSPS) is 16.4. The van der Waals surface area contributed by atoms with E-state index in [0.717, 1.165) is 19.3 Å². The van der Waals surface area contributed by atoms with Gasteiger partial charge in [-0.1, -0.05) is 37.4 Å². The molecule has 8 heteroatoms. The fourth-order valence-corrected chi connectivity index (χ4v) is 5.09. The second-order valence-corrected chi connectivity index (χ2v) is 9.26. The Morgan fingerprint density at radius 2 is 2.19 bits per heavy atom. The quantitative estimate of drug-likeness (QED) is 0.641. The summed E-state index contributed by atoms with van der Waals surface area (Å²) >= 11 is 7.71. The minimum Gasteiger partial charge on any atom is -0.298 e. The van der Waals surface area contributed by atoms with Gasteiger partial charge in [0.1, 0.15) is 5.03 Å². The summed E-state index contributed by atoms with van der Waals surface area (Å²) in [6.45, 7) is 1.96. The summed E-state index contributed by atoms with van der Waals surface area (Å²) in [4.78, 5) is 21.3. The van der Waals surface area contributed by atoms with E-state index in [9.17, 15) is 9.00 Å². The lowest BCUT2D eigenvalue weighted by Gasteiger charge is -2.12. The summed E-state index contributed by atoms with van der Waals surface area (Å²) in [7, 11) is -1.23. The van der Waals surface area contributed by atoms with Crippen LogP contribution in [-0.2, 0) is 15.6 Å². The number of hydrogen-bond acceptors (Lipinski definition) is 5. The third-order valence-electron chi connectivity index (χ3n) is 4.42. The van der Waals surface area contributed by atoms with E-state index in [-0.39, 0.29) is 5.91 Å². The van der Waals surface area contributed by atoms with Gasteiger partial charge in [-0.25, -0.2) is 9.97 Å². The maximum Gasteiger partial charge on any atom is 0.257 e. The molecule has 1 aliphatic carbocycles. The smallest absolute Gasteiger partial charge is 0.257 e. The zero-order valence-electron chi connectivity index (χ0n) is 15.1. The van der Waals surface area contributed by atoms with Crippen molar-refractivity contribution < 1.29 is 9.00 Å². The Morgan fingerprint density at radius 3 is 2.81 bits per heavy atom.